The number of hydrogen-bond acceptors (Lipinski definition) is 7. The number of alkyl halides is 3. The summed E-state index contributed by atoms with van der Waals surface area (Å²) < 4.78 is 56.1. The van der Waals surface area contributed by atoms with E-state index in [1.54, 1.807) is 13.2 Å². The summed E-state index contributed by atoms with van der Waals surface area (Å²) in [6.45, 7) is 3.39. The molecule has 2 aromatic heterocycles. The summed E-state index contributed by atoms with van der Waals surface area (Å²) in [7, 11) is 1.65. The van der Waals surface area contributed by atoms with Gasteiger partial charge in [0.05, 0.1) is 11.3 Å². The zero-order chi connectivity index (χ0) is 28.4. The maximum atomic E-state index is 13.9. The van der Waals surface area contributed by atoms with Gasteiger partial charge >= 0.3 is 6.18 Å². The zero-order valence-corrected chi connectivity index (χ0v) is 22.1. The Labute approximate surface area is 229 Å². The molecule has 1 aromatic carbocycles. The summed E-state index contributed by atoms with van der Waals surface area (Å²) in [6.07, 6.45) is 2.16. The lowest BCUT2D eigenvalue weighted by Gasteiger charge is -2.33. The van der Waals surface area contributed by atoms with Gasteiger partial charge < -0.3 is 25.8 Å². The number of carbonyl (C=O) groups excluding carboxylic acids is 1. The van der Waals surface area contributed by atoms with Crippen LogP contribution >= 0.6 is 0 Å². The van der Waals surface area contributed by atoms with Crippen LogP contribution in [0, 0.1) is 11.7 Å². The molecule has 214 valence electrons. The predicted octanol–water partition coefficient (Wildman–Crippen LogP) is 4.02. The van der Waals surface area contributed by atoms with Crippen molar-refractivity contribution in [2.75, 3.05) is 43.4 Å². The van der Waals surface area contributed by atoms with Gasteiger partial charge in [-0.3, -0.25) is 4.79 Å². The van der Waals surface area contributed by atoms with Crippen LogP contribution in [0.1, 0.15) is 53.3 Å². The van der Waals surface area contributed by atoms with Gasteiger partial charge in [0.25, 0.3) is 5.91 Å². The number of hydrogen-bond donors (Lipinski definition) is 3. The highest BCUT2D eigenvalue weighted by Gasteiger charge is 2.35. The number of nitrogens with one attached hydrogen (secondary N) is 2. The van der Waals surface area contributed by atoms with Crippen molar-refractivity contribution in [2.45, 2.75) is 44.3 Å². The number of aromatic nitrogens is 4. The van der Waals surface area contributed by atoms with E-state index in [0.717, 1.165) is 30.4 Å². The van der Waals surface area contributed by atoms with Crippen molar-refractivity contribution in [3.05, 3.63) is 53.5 Å². The molecular weight excluding hydrogens is 528 g/mol. The molecule has 1 saturated carbocycles. The van der Waals surface area contributed by atoms with Gasteiger partial charge in [-0.15, -0.1) is 0 Å². The normalized spacial score (nSPS) is 16.4. The summed E-state index contributed by atoms with van der Waals surface area (Å²) >= 11 is 0. The number of nitrogens with two attached hydrogens (primary N) is 1. The Kier molecular flexibility index (Phi) is 7.92. The number of anilines is 2. The van der Waals surface area contributed by atoms with Crippen LogP contribution in [0.25, 0.3) is 11.3 Å². The van der Waals surface area contributed by atoms with Crippen LogP contribution in [-0.2, 0) is 12.7 Å². The van der Waals surface area contributed by atoms with Crippen LogP contribution in [-0.4, -0.2) is 58.7 Å². The molecule has 3 heterocycles. The third-order valence-electron chi connectivity index (χ3n) is 7.50. The van der Waals surface area contributed by atoms with E-state index in [0.29, 0.717) is 56.4 Å². The van der Waals surface area contributed by atoms with Crippen molar-refractivity contribution in [3.8, 4) is 11.3 Å². The second-order valence-corrected chi connectivity index (χ2v) is 10.3. The first-order chi connectivity index (χ1) is 19.2. The Morgan fingerprint density at radius 3 is 2.55 bits per heavy atom. The molecule has 2 fully saturated rings. The van der Waals surface area contributed by atoms with Crippen molar-refractivity contribution >= 4 is 17.5 Å². The number of carbonyl (C=O) groups is 1. The minimum atomic E-state index is -4.80. The number of imidazole rings is 1. The van der Waals surface area contributed by atoms with E-state index in [9.17, 15) is 22.4 Å². The number of benzene rings is 1. The van der Waals surface area contributed by atoms with Gasteiger partial charge in [0.2, 0.25) is 0 Å². The number of primary amides is 1. The second kappa shape index (κ2) is 11.4. The molecule has 1 aliphatic heterocycles. The van der Waals surface area contributed by atoms with E-state index < -0.39 is 23.5 Å². The van der Waals surface area contributed by atoms with Crippen LogP contribution in [0.5, 0.6) is 0 Å². The minimum absolute atomic E-state index is 0.0265. The molecule has 13 heteroatoms. The molecule has 0 unspecified atom stereocenters. The smallest absolute Gasteiger partial charge is 0.372 e. The molecule has 0 atom stereocenters. The molecule has 2 aliphatic rings. The Morgan fingerprint density at radius 1 is 1.15 bits per heavy atom. The van der Waals surface area contributed by atoms with E-state index in [1.807, 2.05) is 9.47 Å². The van der Waals surface area contributed by atoms with Crippen molar-refractivity contribution in [3.63, 3.8) is 0 Å². The zero-order valence-electron chi connectivity index (χ0n) is 22.1. The van der Waals surface area contributed by atoms with Gasteiger partial charge in [0.1, 0.15) is 35.2 Å². The van der Waals surface area contributed by atoms with E-state index >= 15 is 0 Å². The highest BCUT2D eigenvalue weighted by atomic mass is 19.4. The number of amides is 1. The van der Waals surface area contributed by atoms with Crippen LogP contribution < -0.4 is 21.3 Å². The monoisotopic (exact) mass is 560 g/mol. The van der Waals surface area contributed by atoms with Gasteiger partial charge in [0.15, 0.2) is 0 Å². The van der Waals surface area contributed by atoms with Crippen molar-refractivity contribution < 1.29 is 22.4 Å². The first-order valence-corrected chi connectivity index (χ1v) is 13.4. The Hall–Kier alpha value is -3.74. The summed E-state index contributed by atoms with van der Waals surface area (Å²) in [5, 5.41) is 6.33. The van der Waals surface area contributed by atoms with Crippen LogP contribution in [0.4, 0.5) is 29.2 Å². The first kappa shape index (κ1) is 27.8. The van der Waals surface area contributed by atoms with Crippen molar-refractivity contribution in [1.29, 1.82) is 0 Å². The standard InChI is InChI=1S/C27H32F4N8O/c1-33-24-22(23(32)40)26(36-15-35-24)38-9-6-17(7-10-38)25-37-21(14-39(25)11-8-34-13-16-2-3-16)18-4-5-20(28)19(12-18)27(29,30)31/h4-5,12,14-17,34H,2-3,6-11,13H2,1H3,(H2,32,40)(H,33,35,36). The maximum absolute atomic E-state index is 13.9. The Balaban J connectivity index is 1.38. The number of nitrogens with zero attached hydrogens (tertiary/aromatic N) is 5. The molecule has 9 nitrogen and oxygen atoms in total. The third kappa shape index (κ3) is 6.03. The molecule has 1 aliphatic carbocycles. The van der Waals surface area contributed by atoms with Crippen LogP contribution in [0.3, 0.4) is 0 Å². The molecule has 0 spiro atoms. The highest BCUT2D eigenvalue weighted by molar-refractivity contribution is 6.02. The highest BCUT2D eigenvalue weighted by Crippen LogP contribution is 2.36. The fourth-order valence-corrected chi connectivity index (χ4v) is 5.19. The molecular formula is C27H32F4N8O. The van der Waals surface area contributed by atoms with Gasteiger partial charge in [0, 0.05) is 50.9 Å². The largest absolute Gasteiger partial charge is 0.419 e. The fourth-order valence-electron chi connectivity index (χ4n) is 5.19. The molecule has 0 radical (unpaired) electrons. The lowest BCUT2D eigenvalue weighted by atomic mass is 9.95. The molecule has 3 aromatic rings. The van der Waals surface area contributed by atoms with Crippen LogP contribution in [0.2, 0.25) is 0 Å². The summed E-state index contributed by atoms with van der Waals surface area (Å²) in [6, 6.07) is 2.98. The number of rotatable bonds is 10. The molecule has 0 bridgehead atoms. The lowest BCUT2D eigenvalue weighted by Crippen LogP contribution is -2.36. The van der Waals surface area contributed by atoms with E-state index in [1.165, 1.54) is 25.2 Å². The summed E-state index contributed by atoms with van der Waals surface area (Å²) in [5.74, 6) is 0.402. The molecule has 1 amide bonds. The summed E-state index contributed by atoms with van der Waals surface area (Å²) in [4.78, 5) is 27.3. The molecule has 1 saturated heterocycles. The summed E-state index contributed by atoms with van der Waals surface area (Å²) in [5.41, 5.74) is 5.12. The van der Waals surface area contributed by atoms with Crippen LogP contribution in [0.15, 0.2) is 30.7 Å². The maximum Gasteiger partial charge on any atom is 0.419 e. The van der Waals surface area contributed by atoms with E-state index in [4.69, 9.17) is 10.7 Å². The van der Waals surface area contributed by atoms with Gasteiger partial charge in [-0.1, -0.05) is 0 Å². The quantitative estimate of drug-likeness (QED) is 0.254. The molecule has 40 heavy (non-hydrogen) atoms. The van der Waals surface area contributed by atoms with Gasteiger partial charge in [-0.05, 0) is 56.3 Å². The third-order valence-corrected chi connectivity index (χ3v) is 7.50. The van der Waals surface area contributed by atoms with Crippen molar-refractivity contribution in [1.82, 2.24) is 24.8 Å². The fraction of sp³-hybridized carbons (Fsp3) is 0.481. The van der Waals surface area contributed by atoms with Gasteiger partial charge in [-0.2, -0.15) is 13.2 Å². The first-order valence-electron chi connectivity index (χ1n) is 13.4. The molecule has 5 rings (SSSR count). The predicted molar refractivity (Wildman–Crippen MR) is 143 cm³/mol. The van der Waals surface area contributed by atoms with Gasteiger partial charge in [-0.25, -0.2) is 19.3 Å². The topological polar surface area (TPSA) is 114 Å². The molecule has 4 N–H and O–H groups in total. The average molecular weight is 561 g/mol. The number of halogens is 4. The Bertz CT molecular complexity index is 1360. The minimum Gasteiger partial charge on any atom is -0.372 e. The lowest BCUT2D eigenvalue weighted by molar-refractivity contribution is -0.139. The second-order valence-electron chi connectivity index (χ2n) is 10.3. The SMILES string of the molecule is CNc1ncnc(N2CCC(c3nc(-c4ccc(F)c(C(F)(F)F)c4)cn3CCNCC3CC3)CC2)c1C(N)=O. The average Bonchev–Trinajstić information content (AvgIpc) is 3.67. The number of piperidine rings is 1. The van der Waals surface area contributed by atoms with Crippen molar-refractivity contribution in [2.24, 2.45) is 11.7 Å². The Morgan fingerprint density at radius 2 is 1.90 bits per heavy atom. The van der Waals surface area contributed by atoms with E-state index in [-0.39, 0.29) is 17.0 Å². The van der Waals surface area contributed by atoms with E-state index in [2.05, 4.69) is 20.6 Å².